The molecule has 0 aliphatic heterocycles. The summed E-state index contributed by atoms with van der Waals surface area (Å²) in [6.07, 6.45) is 3.24. The maximum absolute atomic E-state index is 5.85. The molecule has 0 radical (unpaired) electrons. The first-order chi connectivity index (χ1) is 11.8. The van der Waals surface area contributed by atoms with Gasteiger partial charge < -0.3 is 15.4 Å². The van der Waals surface area contributed by atoms with Crippen LogP contribution in [0, 0.1) is 0 Å². The van der Waals surface area contributed by atoms with E-state index < -0.39 is 0 Å². The van der Waals surface area contributed by atoms with Gasteiger partial charge in [0.25, 0.3) is 0 Å². The SMILES string of the molecule is CNCCCNC(C)c1ccc(OCCCc2ccccc2)cc1. The van der Waals surface area contributed by atoms with Gasteiger partial charge in [-0.1, -0.05) is 42.5 Å². The van der Waals surface area contributed by atoms with Crippen LogP contribution in [0.2, 0.25) is 0 Å². The van der Waals surface area contributed by atoms with Gasteiger partial charge in [-0.2, -0.15) is 0 Å². The van der Waals surface area contributed by atoms with Crippen molar-refractivity contribution < 1.29 is 4.74 Å². The standard InChI is InChI=1S/C21H30N2O/c1-18(23-16-7-15-22-2)20-11-13-21(14-12-20)24-17-6-10-19-8-4-3-5-9-19/h3-5,8-9,11-14,18,22-23H,6-7,10,15-17H2,1-2H3. The Hall–Kier alpha value is -1.84. The molecule has 0 fully saturated rings. The van der Waals surface area contributed by atoms with E-state index in [4.69, 9.17) is 4.74 Å². The highest BCUT2D eigenvalue weighted by atomic mass is 16.5. The van der Waals surface area contributed by atoms with Gasteiger partial charge in [-0.15, -0.1) is 0 Å². The van der Waals surface area contributed by atoms with Crippen molar-refractivity contribution in [1.82, 2.24) is 10.6 Å². The fourth-order valence-electron chi connectivity index (χ4n) is 2.67. The van der Waals surface area contributed by atoms with E-state index in [9.17, 15) is 0 Å². The van der Waals surface area contributed by atoms with Crippen LogP contribution in [0.25, 0.3) is 0 Å². The molecule has 0 saturated heterocycles. The Kier molecular flexibility index (Phi) is 8.36. The van der Waals surface area contributed by atoms with E-state index in [1.54, 1.807) is 0 Å². The van der Waals surface area contributed by atoms with Crippen molar-refractivity contribution in [3.8, 4) is 5.75 Å². The average molecular weight is 326 g/mol. The molecule has 2 rings (SSSR count). The predicted octanol–water partition coefficient (Wildman–Crippen LogP) is 3.96. The third-order valence-electron chi connectivity index (χ3n) is 4.16. The summed E-state index contributed by atoms with van der Waals surface area (Å²) in [4.78, 5) is 0. The number of benzene rings is 2. The molecule has 24 heavy (non-hydrogen) atoms. The fraction of sp³-hybridized carbons (Fsp3) is 0.429. The Balaban J connectivity index is 1.67. The van der Waals surface area contributed by atoms with Crippen molar-refractivity contribution >= 4 is 0 Å². The first kappa shape index (κ1) is 18.5. The second-order valence-electron chi connectivity index (χ2n) is 6.14. The minimum Gasteiger partial charge on any atom is -0.494 e. The molecule has 2 aromatic carbocycles. The van der Waals surface area contributed by atoms with Crippen LogP contribution in [-0.2, 0) is 6.42 Å². The molecule has 0 aromatic heterocycles. The topological polar surface area (TPSA) is 33.3 Å². The zero-order valence-corrected chi connectivity index (χ0v) is 14.9. The first-order valence-electron chi connectivity index (χ1n) is 8.94. The second-order valence-corrected chi connectivity index (χ2v) is 6.14. The minimum atomic E-state index is 0.369. The highest BCUT2D eigenvalue weighted by Crippen LogP contribution is 2.18. The Morgan fingerprint density at radius 1 is 0.917 bits per heavy atom. The third-order valence-corrected chi connectivity index (χ3v) is 4.16. The van der Waals surface area contributed by atoms with Gasteiger partial charge in [0, 0.05) is 6.04 Å². The summed E-state index contributed by atoms with van der Waals surface area (Å²) < 4.78 is 5.85. The molecule has 0 heterocycles. The molecule has 0 spiro atoms. The summed E-state index contributed by atoms with van der Waals surface area (Å²) in [5.74, 6) is 0.953. The summed E-state index contributed by atoms with van der Waals surface area (Å²) in [5.41, 5.74) is 2.67. The molecule has 3 heteroatoms. The monoisotopic (exact) mass is 326 g/mol. The molecule has 0 bridgehead atoms. The summed E-state index contributed by atoms with van der Waals surface area (Å²) in [6, 6.07) is 19.4. The number of ether oxygens (including phenoxy) is 1. The highest BCUT2D eigenvalue weighted by Gasteiger charge is 2.04. The van der Waals surface area contributed by atoms with Crippen LogP contribution in [0.5, 0.6) is 5.75 Å². The number of aryl methyl sites for hydroxylation is 1. The molecule has 0 aliphatic rings. The maximum atomic E-state index is 5.85. The van der Waals surface area contributed by atoms with Crippen LogP contribution in [0.1, 0.15) is 36.9 Å². The number of hydrogen-bond donors (Lipinski definition) is 2. The lowest BCUT2D eigenvalue weighted by atomic mass is 10.1. The van der Waals surface area contributed by atoms with E-state index in [2.05, 4.69) is 72.2 Å². The van der Waals surface area contributed by atoms with Crippen molar-refractivity contribution in [2.24, 2.45) is 0 Å². The van der Waals surface area contributed by atoms with Gasteiger partial charge in [0.2, 0.25) is 0 Å². The zero-order valence-electron chi connectivity index (χ0n) is 14.9. The molecular formula is C21H30N2O. The summed E-state index contributed by atoms with van der Waals surface area (Å²) in [7, 11) is 1.99. The molecule has 0 amide bonds. The maximum Gasteiger partial charge on any atom is 0.119 e. The van der Waals surface area contributed by atoms with Crippen LogP contribution >= 0.6 is 0 Å². The largest absolute Gasteiger partial charge is 0.494 e. The second kappa shape index (κ2) is 10.8. The average Bonchev–Trinajstić information content (AvgIpc) is 2.63. The Morgan fingerprint density at radius 3 is 2.38 bits per heavy atom. The van der Waals surface area contributed by atoms with E-state index in [0.717, 1.165) is 44.7 Å². The van der Waals surface area contributed by atoms with Crippen LogP contribution in [0.15, 0.2) is 54.6 Å². The fourth-order valence-corrected chi connectivity index (χ4v) is 2.67. The Labute approximate surface area is 146 Å². The van der Waals surface area contributed by atoms with Crippen LogP contribution < -0.4 is 15.4 Å². The smallest absolute Gasteiger partial charge is 0.119 e. The predicted molar refractivity (Wildman–Crippen MR) is 102 cm³/mol. The van der Waals surface area contributed by atoms with Crippen molar-refractivity contribution in [1.29, 1.82) is 0 Å². The quantitative estimate of drug-likeness (QED) is 0.613. The van der Waals surface area contributed by atoms with Gasteiger partial charge in [0.1, 0.15) is 5.75 Å². The number of nitrogens with one attached hydrogen (secondary N) is 2. The van der Waals surface area contributed by atoms with Crippen molar-refractivity contribution in [3.05, 3.63) is 65.7 Å². The highest BCUT2D eigenvalue weighted by molar-refractivity contribution is 5.29. The van der Waals surface area contributed by atoms with Crippen molar-refractivity contribution in [2.75, 3.05) is 26.7 Å². The lowest BCUT2D eigenvalue weighted by Gasteiger charge is -2.15. The Morgan fingerprint density at radius 2 is 1.67 bits per heavy atom. The molecular weight excluding hydrogens is 296 g/mol. The normalized spacial score (nSPS) is 12.1. The Bertz CT molecular complexity index is 554. The summed E-state index contributed by atoms with van der Waals surface area (Å²) in [6.45, 7) is 5.04. The van der Waals surface area contributed by atoms with Crippen molar-refractivity contribution in [3.63, 3.8) is 0 Å². The lowest BCUT2D eigenvalue weighted by molar-refractivity contribution is 0.311. The summed E-state index contributed by atoms with van der Waals surface area (Å²) in [5, 5.41) is 6.71. The molecule has 1 atom stereocenters. The number of hydrogen-bond acceptors (Lipinski definition) is 3. The molecule has 2 N–H and O–H groups in total. The number of rotatable bonds is 11. The van der Waals surface area contributed by atoms with Crippen LogP contribution in [0.3, 0.4) is 0 Å². The van der Waals surface area contributed by atoms with Gasteiger partial charge in [0.05, 0.1) is 6.61 Å². The molecule has 130 valence electrons. The van der Waals surface area contributed by atoms with Gasteiger partial charge in [-0.05, 0) is 69.6 Å². The van der Waals surface area contributed by atoms with E-state index in [-0.39, 0.29) is 0 Å². The molecule has 0 aliphatic carbocycles. The zero-order chi connectivity index (χ0) is 17.0. The van der Waals surface area contributed by atoms with Crippen LogP contribution in [-0.4, -0.2) is 26.7 Å². The van der Waals surface area contributed by atoms with E-state index in [1.165, 1.54) is 11.1 Å². The van der Waals surface area contributed by atoms with Gasteiger partial charge in [-0.25, -0.2) is 0 Å². The van der Waals surface area contributed by atoms with Gasteiger partial charge in [-0.3, -0.25) is 0 Å². The van der Waals surface area contributed by atoms with E-state index in [0.29, 0.717) is 6.04 Å². The van der Waals surface area contributed by atoms with Crippen LogP contribution in [0.4, 0.5) is 0 Å². The molecule has 0 saturated carbocycles. The van der Waals surface area contributed by atoms with E-state index in [1.807, 2.05) is 7.05 Å². The third kappa shape index (κ3) is 6.73. The molecule has 3 nitrogen and oxygen atoms in total. The van der Waals surface area contributed by atoms with E-state index >= 15 is 0 Å². The minimum absolute atomic E-state index is 0.369. The molecule has 1 unspecified atom stereocenters. The molecule has 2 aromatic rings. The lowest BCUT2D eigenvalue weighted by Crippen LogP contribution is -2.22. The van der Waals surface area contributed by atoms with Crippen molar-refractivity contribution in [2.45, 2.75) is 32.2 Å². The van der Waals surface area contributed by atoms with Gasteiger partial charge in [0.15, 0.2) is 0 Å². The first-order valence-corrected chi connectivity index (χ1v) is 8.94. The summed E-state index contributed by atoms with van der Waals surface area (Å²) >= 11 is 0. The van der Waals surface area contributed by atoms with Gasteiger partial charge >= 0.3 is 0 Å².